The molecule has 0 bridgehead atoms. The topological polar surface area (TPSA) is 88.4 Å². The van der Waals surface area contributed by atoms with Crippen LogP contribution in [0.4, 0.5) is 0 Å². The number of methoxy groups -OCH3 is 3. The number of rotatable bonds is 8. The molecule has 4 atom stereocenters. The monoisotopic (exact) mass is 238 g/mol. The Kier molecular flexibility index (Phi) is 7.05. The van der Waals surface area contributed by atoms with Crippen molar-refractivity contribution in [3.8, 4) is 0 Å². The van der Waals surface area contributed by atoms with Crippen LogP contribution in [0.1, 0.15) is 6.92 Å². The van der Waals surface area contributed by atoms with Crippen LogP contribution in [0.3, 0.4) is 0 Å². The van der Waals surface area contributed by atoms with Crippen molar-refractivity contribution in [1.29, 1.82) is 0 Å². The Hall–Kier alpha value is -0.240. The Balaban J connectivity index is 4.87. The Bertz CT molecular complexity index is 180. The van der Waals surface area contributed by atoms with Gasteiger partial charge >= 0.3 is 0 Å². The molecular weight excluding hydrogens is 216 g/mol. The molecule has 0 spiro atoms. The zero-order chi connectivity index (χ0) is 12.8. The minimum atomic E-state index is -1.47. The normalized spacial score (nSPS) is 21.2. The molecule has 6 nitrogen and oxygen atoms in total. The van der Waals surface area contributed by atoms with Crippen molar-refractivity contribution < 1.29 is 29.5 Å². The van der Waals surface area contributed by atoms with Crippen molar-refractivity contribution in [1.82, 2.24) is 0 Å². The van der Waals surface area contributed by atoms with E-state index in [4.69, 9.17) is 24.4 Å². The molecule has 0 aliphatic carbocycles. The molecule has 6 heteroatoms. The van der Waals surface area contributed by atoms with Crippen LogP contribution in [0.15, 0.2) is 0 Å². The van der Waals surface area contributed by atoms with E-state index in [1.54, 1.807) is 0 Å². The predicted octanol–water partition coefficient (Wildman–Crippen LogP) is -1.23. The third kappa shape index (κ3) is 3.65. The maximum Gasteiger partial charge on any atom is 0.116 e. The molecular formula is C10H22O6. The van der Waals surface area contributed by atoms with Crippen LogP contribution in [-0.4, -0.2) is 73.8 Å². The maximum absolute atomic E-state index is 9.93. The van der Waals surface area contributed by atoms with E-state index in [0.29, 0.717) is 0 Å². The molecule has 0 aromatic rings. The lowest BCUT2D eigenvalue weighted by atomic mass is 9.92. The van der Waals surface area contributed by atoms with Gasteiger partial charge in [-0.25, -0.2) is 0 Å². The molecule has 0 fully saturated rings. The minimum absolute atomic E-state index is 0.267. The lowest BCUT2D eigenvalue weighted by Gasteiger charge is -2.37. The van der Waals surface area contributed by atoms with Crippen LogP contribution < -0.4 is 0 Å². The van der Waals surface area contributed by atoms with Crippen LogP contribution in [-0.2, 0) is 14.2 Å². The van der Waals surface area contributed by atoms with Gasteiger partial charge in [0.15, 0.2) is 0 Å². The van der Waals surface area contributed by atoms with Crippen LogP contribution >= 0.6 is 0 Å². The average Bonchev–Trinajstić information content (AvgIpc) is 2.29. The van der Waals surface area contributed by atoms with Crippen LogP contribution in [0.25, 0.3) is 0 Å². The summed E-state index contributed by atoms with van der Waals surface area (Å²) in [5, 5.41) is 28.1. The molecule has 0 amide bonds. The molecule has 0 rings (SSSR count). The summed E-state index contributed by atoms with van der Waals surface area (Å²) in [6.07, 6.45) is -2.12. The van der Waals surface area contributed by atoms with Gasteiger partial charge in [0.25, 0.3) is 0 Å². The van der Waals surface area contributed by atoms with Gasteiger partial charge in [0.05, 0.1) is 13.2 Å². The van der Waals surface area contributed by atoms with E-state index < -0.39 is 30.5 Å². The largest absolute Gasteiger partial charge is 0.394 e. The molecule has 0 aromatic carbocycles. The number of aliphatic hydroxyl groups excluding tert-OH is 2. The summed E-state index contributed by atoms with van der Waals surface area (Å²) in [7, 11) is 4.24. The quantitative estimate of drug-likeness (QED) is 0.490. The average molecular weight is 238 g/mol. The second-order valence-corrected chi connectivity index (χ2v) is 3.83. The molecule has 0 unspecified atom stereocenters. The summed E-state index contributed by atoms with van der Waals surface area (Å²) in [6.45, 7) is 0.681. The summed E-state index contributed by atoms with van der Waals surface area (Å²) >= 11 is 0. The number of hydrogen-bond acceptors (Lipinski definition) is 6. The van der Waals surface area contributed by atoms with Gasteiger partial charge < -0.3 is 29.5 Å². The van der Waals surface area contributed by atoms with Gasteiger partial charge in [-0.3, -0.25) is 0 Å². The first-order valence-electron chi connectivity index (χ1n) is 5.01. The third-order valence-corrected chi connectivity index (χ3v) is 2.61. The van der Waals surface area contributed by atoms with E-state index >= 15 is 0 Å². The molecule has 3 N–H and O–H groups in total. The zero-order valence-electron chi connectivity index (χ0n) is 10.2. The second-order valence-electron chi connectivity index (χ2n) is 3.83. The van der Waals surface area contributed by atoms with Crippen molar-refractivity contribution >= 4 is 0 Å². The maximum atomic E-state index is 9.93. The predicted molar refractivity (Wildman–Crippen MR) is 57.2 cm³/mol. The van der Waals surface area contributed by atoms with Crippen molar-refractivity contribution in [2.24, 2.45) is 0 Å². The fraction of sp³-hybridized carbons (Fsp3) is 1.00. The van der Waals surface area contributed by atoms with Gasteiger partial charge in [-0.2, -0.15) is 0 Å². The van der Waals surface area contributed by atoms with E-state index in [1.165, 1.54) is 28.3 Å². The molecule has 0 saturated carbocycles. The zero-order valence-corrected chi connectivity index (χ0v) is 10.2. The molecule has 16 heavy (non-hydrogen) atoms. The van der Waals surface area contributed by atoms with Gasteiger partial charge in [-0.05, 0) is 6.92 Å². The van der Waals surface area contributed by atoms with Crippen molar-refractivity contribution in [2.45, 2.75) is 30.8 Å². The smallest absolute Gasteiger partial charge is 0.116 e. The van der Waals surface area contributed by atoms with E-state index in [0.717, 1.165) is 0 Å². The number of aliphatic hydroxyl groups is 3. The Morgan fingerprint density at radius 1 is 1.06 bits per heavy atom. The Morgan fingerprint density at radius 2 is 1.62 bits per heavy atom. The lowest BCUT2D eigenvalue weighted by molar-refractivity contribution is -0.189. The Morgan fingerprint density at radius 3 is 1.88 bits per heavy atom. The summed E-state index contributed by atoms with van der Waals surface area (Å²) < 4.78 is 15.3. The highest BCUT2D eigenvalue weighted by Gasteiger charge is 2.41. The van der Waals surface area contributed by atoms with Crippen LogP contribution in [0.2, 0.25) is 0 Å². The fourth-order valence-electron chi connectivity index (χ4n) is 1.61. The highest BCUT2D eigenvalue weighted by Crippen LogP contribution is 2.21. The lowest BCUT2D eigenvalue weighted by Crippen LogP contribution is -2.56. The first-order chi connectivity index (χ1) is 7.48. The minimum Gasteiger partial charge on any atom is -0.394 e. The summed E-state index contributed by atoms with van der Waals surface area (Å²) in [6, 6.07) is 0. The first-order valence-corrected chi connectivity index (χ1v) is 5.01. The van der Waals surface area contributed by atoms with Gasteiger partial charge in [0.2, 0.25) is 0 Å². The summed E-state index contributed by atoms with van der Waals surface area (Å²) in [4.78, 5) is 0. The van der Waals surface area contributed by atoms with Gasteiger partial charge in [0.1, 0.15) is 23.9 Å². The highest BCUT2D eigenvalue weighted by molar-refractivity contribution is 4.92. The molecule has 0 heterocycles. The SMILES string of the molecule is CO[C@@H]([C@@H](CO)OC)[C@H](OC)[C@@](C)(O)CO. The molecule has 0 aromatic heterocycles. The van der Waals surface area contributed by atoms with Crippen LogP contribution in [0, 0.1) is 0 Å². The first kappa shape index (κ1) is 15.8. The molecule has 0 aliphatic heterocycles. The Labute approximate surface area is 95.7 Å². The van der Waals surface area contributed by atoms with Crippen molar-refractivity contribution in [3.05, 3.63) is 0 Å². The third-order valence-electron chi connectivity index (χ3n) is 2.61. The van der Waals surface area contributed by atoms with E-state index in [2.05, 4.69) is 0 Å². The molecule has 0 radical (unpaired) electrons. The molecule has 0 saturated heterocycles. The number of ether oxygens (including phenoxy) is 3. The van der Waals surface area contributed by atoms with Crippen LogP contribution in [0.5, 0.6) is 0 Å². The van der Waals surface area contributed by atoms with Crippen molar-refractivity contribution in [3.63, 3.8) is 0 Å². The second kappa shape index (κ2) is 7.16. The standard InChI is InChI=1S/C10H22O6/c1-10(13,6-12)9(16-4)8(15-3)7(5-11)14-2/h7-9,11-13H,5-6H2,1-4H3/t7-,8+,9+,10+/m1/s1. The highest BCUT2D eigenvalue weighted by atomic mass is 16.6. The van der Waals surface area contributed by atoms with E-state index in [-0.39, 0.29) is 6.61 Å². The summed E-state index contributed by atoms with van der Waals surface area (Å²) in [5.74, 6) is 0. The number of hydrogen-bond donors (Lipinski definition) is 3. The van der Waals surface area contributed by atoms with Crippen molar-refractivity contribution in [2.75, 3.05) is 34.5 Å². The van der Waals surface area contributed by atoms with Gasteiger partial charge in [-0.1, -0.05) is 0 Å². The van der Waals surface area contributed by atoms with E-state index in [1.807, 2.05) is 0 Å². The van der Waals surface area contributed by atoms with E-state index in [9.17, 15) is 5.11 Å². The van der Waals surface area contributed by atoms with Gasteiger partial charge in [-0.15, -0.1) is 0 Å². The molecule has 98 valence electrons. The fourth-order valence-corrected chi connectivity index (χ4v) is 1.61. The van der Waals surface area contributed by atoms with Gasteiger partial charge in [0, 0.05) is 21.3 Å². The summed E-state index contributed by atoms with van der Waals surface area (Å²) in [5.41, 5.74) is -1.47. The molecule has 0 aliphatic rings.